The van der Waals surface area contributed by atoms with Crippen molar-refractivity contribution in [2.24, 2.45) is 4.99 Å². The van der Waals surface area contributed by atoms with E-state index in [1.165, 1.54) is 0 Å². The molecule has 7 nitrogen and oxygen atoms in total. The summed E-state index contributed by atoms with van der Waals surface area (Å²) in [7, 11) is 1.83. The first-order valence-electron chi connectivity index (χ1n) is 8.80. The summed E-state index contributed by atoms with van der Waals surface area (Å²) >= 11 is 0. The number of ether oxygens (including phenoxy) is 1. The van der Waals surface area contributed by atoms with Crippen molar-refractivity contribution < 1.29 is 4.74 Å². The van der Waals surface area contributed by atoms with E-state index in [0.29, 0.717) is 12.6 Å². The van der Waals surface area contributed by atoms with Crippen molar-refractivity contribution in [1.82, 2.24) is 24.8 Å². The maximum absolute atomic E-state index is 5.72. The molecular weight excluding hydrogens is 316 g/mol. The second-order valence-electron chi connectivity index (χ2n) is 6.03. The Kier molecular flexibility index (Phi) is 6.00. The van der Waals surface area contributed by atoms with E-state index < -0.39 is 0 Å². The Balaban J connectivity index is 1.56. The molecule has 0 radical (unpaired) electrons. The topological polar surface area (TPSA) is 67.6 Å². The number of piperidine rings is 1. The van der Waals surface area contributed by atoms with Crippen molar-refractivity contribution in [2.75, 3.05) is 26.7 Å². The van der Waals surface area contributed by atoms with Crippen LogP contribution >= 0.6 is 0 Å². The second-order valence-corrected chi connectivity index (χ2v) is 6.03. The number of aliphatic imine (C=N–C) groups is 1. The highest BCUT2D eigenvalue weighted by Gasteiger charge is 2.21. The summed E-state index contributed by atoms with van der Waals surface area (Å²) < 4.78 is 7.62. The summed E-state index contributed by atoms with van der Waals surface area (Å²) in [5, 5.41) is 3.46. The number of hydrogen-bond donors (Lipinski definition) is 1. The van der Waals surface area contributed by atoms with Crippen molar-refractivity contribution in [3.63, 3.8) is 0 Å². The monoisotopic (exact) mass is 342 g/mol. The summed E-state index contributed by atoms with van der Waals surface area (Å²) in [5.41, 5.74) is 1.16. The average molecular weight is 342 g/mol. The molecule has 0 aliphatic carbocycles. The number of pyridine rings is 1. The Morgan fingerprint density at radius 3 is 2.88 bits per heavy atom. The summed E-state index contributed by atoms with van der Waals surface area (Å²) in [6.45, 7) is 5.50. The van der Waals surface area contributed by atoms with Crippen LogP contribution in [0, 0.1) is 0 Å². The number of imidazole rings is 1. The summed E-state index contributed by atoms with van der Waals surface area (Å²) in [4.78, 5) is 15.2. The smallest absolute Gasteiger partial charge is 0.193 e. The Morgan fingerprint density at radius 2 is 2.20 bits per heavy atom. The van der Waals surface area contributed by atoms with Crippen LogP contribution in [0.15, 0.2) is 42.0 Å². The summed E-state index contributed by atoms with van der Waals surface area (Å²) in [6, 6.07) is 4.07. The van der Waals surface area contributed by atoms with Gasteiger partial charge in [0, 0.05) is 51.9 Å². The fraction of sp³-hybridized carbons (Fsp3) is 0.500. The van der Waals surface area contributed by atoms with E-state index in [2.05, 4.69) is 38.2 Å². The molecule has 1 fully saturated rings. The number of rotatable bonds is 5. The lowest BCUT2D eigenvalue weighted by atomic mass is 10.1. The van der Waals surface area contributed by atoms with E-state index in [4.69, 9.17) is 4.74 Å². The Labute approximate surface area is 148 Å². The second kappa shape index (κ2) is 8.62. The largest absolute Gasteiger partial charge is 0.378 e. The van der Waals surface area contributed by atoms with E-state index in [9.17, 15) is 0 Å². The van der Waals surface area contributed by atoms with Crippen LogP contribution in [-0.2, 0) is 11.3 Å². The molecule has 1 N–H and O–H groups in total. The lowest BCUT2D eigenvalue weighted by Crippen LogP contribution is -2.46. The fourth-order valence-corrected chi connectivity index (χ4v) is 3.09. The molecule has 1 aliphatic rings. The highest BCUT2D eigenvalue weighted by atomic mass is 16.5. The minimum absolute atomic E-state index is 0.386. The van der Waals surface area contributed by atoms with Crippen LogP contribution in [0.3, 0.4) is 0 Å². The molecule has 3 rings (SSSR count). The number of hydrogen-bond acceptors (Lipinski definition) is 4. The van der Waals surface area contributed by atoms with Crippen LogP contribution in [0.1, 0.15) is 25.3 Å². The van der Waals surface area contributed by atoms with E-state index >= 15 is 0 Å². The molecule has 0 unspecified atom stereocenters. The van der Waals surface area contributed by atoms with Crippen LogP contribution in [0.25, 0.3) is 5.82 Å². The third-order valence-electron chi connectivity index (χ3n) is 4.39. The van der Waals surface area contributed by atoms with Crippen molar-refractivity contribution >= 4 is 5.96 Å². The maximum atomic E-state index is 5.72. The van der Waals surface area contributed by atoms with Crippen molar-refractivity contribution in [3.8, 4) is 5.82 Å². The lowest BCUT2D eigenvalue weighted by molar-refractivity contribution is 0.0263. The number of likely N-dealkylation sites (tertiary alicyclic amines) is 1. The van der Waals surface area contributed by atoms with Gasteiger partial charge < -0.3 is 15.0 Å². The first-order chi connectivity index (χ1) is 12.3. The van der Waals surface area contributed by atoms with Gasteiger partial charge in [-0.05, 0) is 37.5 Å². The standard InChI is InChI=1S/C18H26N6O/c1-3-25-16-5-9-23(10-6-16)18(19-2)22-13-15-4-7-21-17(12-15)24-11-8-20-14-24/h4,7-8,11-12,14,16H,3,5-6,9-10,13H2,1-2H3,(H,19,22). The minimum Gasteiger partial charge on any atom is -0.378 e. The zero-order chi connectivity index (χ0) is 17.5. The van der Waals surface area contributed by atoms with Gasteiger partial charge >= 0.3 is 0 Å². The van der Waals surface area contributed by atoms with Crippen LogP contribution in [-0.4, -0.2) is 58.2 Å². The molecule has 25 heavy (non-hydrogen) atoms. The van der Waals surface area contributed by atoms with Gasteiger partial charge in [0.15, 0.2) is 5.96 Å². The highest BCUT2D eigenvalue weighted by molar-refractivity contribution is 5.80. The van der Waals surface area contributed by atoms with Gasteiger partial charge in [-0.2, -0.15) is 0 Å². The Morgan fingerprint density at radius 1 is 1.36 bits per heavy atom. The molecule has 0 aromatic carbocycles. The molecule has 134 valence electrons. The number of nitrogens with one attached hydrogen (secondary N) is 1. The van der Waals surface area contributed by atoms with Gasteiger partial charge in [0.05, 0.1) is 6.10 Å². The quantitative estimate of drug-likeness (QED) is 0.663. The van der Waals surface area contributed by atoms with E-state index in [1.54, 1.807) is 12.5 Å². The third-order valence-corrected chi connectivity index (χ3v) is 4.39. The Bertz CT molecular complexity index is 677. The third kappa shape index (κ3) is 4.57. The summed E-state index contributed by atoms with van der Waals surface area (Å²) in [5.74, 6) is 1.81. The predicted molar refractivity (Wildman–Crippen MR) is 97.8 cm³/mol. The van der Waals surface area contributed by atoms with Crippen LogP contribution in [0.2, 0.25) is 0 Å². The van der Waals surface area contributed by atoms with Crippen molar-refractivity contribution in [1.29, 1.82) is 0 Å². The van der Waals surface area contributed by atoms with Crippen LogP contribution < -0.4 is 5.32 Å². The van der Waals surface area contributed by atoms with Gasteiger partial charge in [0.1, 0.15) is 12.1 Å². The van der Waals surface area contributed by atoms with Gasteiger partial charge in [-0.3, -0.25) is 9.56 Å². The van der Waals surface area contributed by atoms with Gasteiger partial charge in [-0.1, -0.05) is 0 Å². The fourth-order valence-electron chi connectivity index (χ4n) is 3.09. The number of guanidine groups is 1. The first kappa shape index (κ1) is 17.4. The molecule has 7 heteroatoms. The molecular formula is C18H26N6O. The van der Waals surface area contributed by atoms with E-state index in [-0.39, 0.29) is 0 Å². The predicted octanol–water partition coefficient (Wildman–Crippen LogP) is 1.84. The molecule has 2 aromatic heterocycles. The number of nitrogens with zero attached hydrogens (tertiary/aromatic N) is 5. The zero-order valence-electron chi connectivity index (χ0n) is 14.9. The summed E-state index contributed by atoms with van der Waals surface area (Å²) in [6.07, 6.45) is 9.70. The van der Waals surface area contributed by atoms with Gasteiger partial charge in [0.2, 0.25) is 0 Å². The molecule has 0 spiro atoms. The van der Waals surface area contributed by atoms with E-state index in [0.717, 1.165) is 49.9 Å². The molecule has 0 bridgehead atoms. The molecule has 2 aromatic rings. The minimum atomic E-state index is 0.386. The van der Waals surface area contributed by atoms with Gasteiger partial charge in [-0.25, -0.2) is 9.97 Å². The maximum Gasteiger partial charge on any atom is 0.193 e. The molecule has 0 saturated carbocycles. The van der Waals surface area contributed by atoms with Crippen LogP contribution in [0.4, 0.5) is 0 Å². The number of aromatic nitrogens is 3. The van der Waals surface area contributed by atoms with Crippen molar-refractivity contribution in [2.45, 2.75) is 32.4 Å². The van der Waals surface area contributed by atoms with E-state index in [1.807, 2.05) is 30.1 Å². The van der Waals surface area contributed by atoms with Crippen molar-refractivity contribution in [3.05, 3.63) is 42.6 Å². The molecule has 1 aliphatic heterocycles. The van der Waals surface area contributed by atoms with Gasteiger partial charge in [0.25, 0.3) is 0 Å². The SMILES string of the molecule is CCOC1CCN(C(=NC)NCc2ccnc(-n3ccnc3)c2)CC1. The zero-order valence-corrected chi connectivity index (χ0v) is 14.9. The molecule has 0 amide bonds. The normalized spacial score (nSPS) is 16.2. The molecule has 1 saturated heterocycles. The van der Waals surface area contributed by atoms with Crippen LogP contribution in [0.5, 0.6) is 0 Å². The van der Waals surface area contributed by atoms with Gasteiger partial charge in [-0.15, -0.1) is 0 Å². The average Bonchev–Trinajstić information content (AvgIpc) is 3.19. The lowest BCUT2D eigenvalue weighted by Gasteiger charge is -2.34. The Hall–Kier alpha value is -2.41. The molecule has 3 heterocycles. The molecule has 0 atom stereocenters. The first-order valence-corrected chi connectivity index (χ1v) is 8.80. The highest BCUT2D eigenvalue weighted by Crippen LogP contribution is 2.14.